The number of carbonyl (C=O) groups excluding carboxylic acids is 1. The number of amides is 1. The van der Waals surface area contributed by atoms with Crippen molar-refractivity contribution in [3.05, 3.63) is 65.4 Å². The Morgan fingerprint density at radius 3 is 2.15 bits per heavy atom. The number of halogens is 5. The van der Waals surface area contributed by atoms with Crippen molar-refractivity contribution < 1.29 is 31.0 Å². The Morgan fingerprint density at radius 1 is 0.970 bits per heavy atom. The van der Waals surface area contributed by atoms with Crippen LogP contribution in [-0.2, 0) is 17.3 Å². The maximum absolute atomic E-state index is 14.2. The summed E-state index contributed by atoms with van der Waals surface area (Å²) in [7, 11) is -3.20. The summed E-state index contributed by atoms with van der Waals surface area (Å²) in [5, 5.41) is 5.28. The molecule has 1 aliphatic rings. The molecule has 3 aromatic rings. The standard InChI is InChI=1S/C19H11F5N4O2S.C2H6/c20-11-2-1-3-12(21)14(11)16-27-13-8-25-18(29)15(13)17(28-16)26-9-4-6-10(7-5-9)31(30)19(22,23)24;1-2/h1-7H,8H2,(H,25,29)(H,26,27,28);1-2H3. The molecule has 174 valence electrons. The molecule has 0 aliphatic carbocycles. The van der Waals surface area contributed by atoms with Gasteiger partial charge < -0.3 is 10.6 Å². The van der Waals surface area contributed by atoms with E-state index in [2.05, 4.69) is 20.6 Å². The molecule has 0 fully saturated rings. The van der Waals surface area contributed by atoms with Crippen LogP contribution < -0.4 is 10.6 Å². The van der Waals surface area contributed by atoms with Gasteiger partial charge in [0.05, 0.1) is 17.8 Å². The van der Waals surface area contributed by atoms with E-state index in [1.807, 2.05) is 13.8 Å². The highest BCUT2D eigenvalue weighted by molar-refractivity contribution is 7.86. The molecule has 0 saturated carbocycles. The van der Waals surface area contributed by atoms with Crippen LogP contribution in [0.1, 0.15) is 29.9 Å². The first kappa shape index (κ1) is 24.2. The van der Waals surface area contributed by atoms with Gasteiger partial charge >= 0.3 is 5.51 Å². The number of hydrogen-bond acceptors (Lipinski definition) is 5. The van der Waals surface area contributed by atoms with Crippen molar-refractivity contribution in [2.45, 2.75) is 30.8 Å². The van der Waals surface area contributed by atoms with E-state index in [9.17, 15) is 31.0 Å². The van der Waals surface area contributed by atoms with E-state index in [1.54, 1.807) is 0 Å². The highest BCUT2D eigenvalue weighted by Gasteiger charge is 2.38. The van der Waals surface area contributed by atoms with Crippen LogP contribution in [-0.4, -0.2) is 25.6 Å². The molecular formula is C21H17F5N4O2S. The molecule has 0 saturated heterocycles. The molecule has 0 spiro atoms. The predicted octanol–water partition coefficient (Wildman–Crippen LogP) is 5.06. The Hall–Kier alpha value is -3.41. The normalized spacial score (nSPS) is 13.5. The topological polar surface area (TPSA) is 84.0 Å². The summed E-state index contributed by atoms with van der Waals surface area (Å²) in [5.74, 6) is -2.71. The monoisotopic (exact) mass is 484 g/mol. The number of hydrogen-bond donors (Lipinski definition) is 2. The Balaban J connectivity index is 0.00000149. The molecule has 1 aliphatic heterocycles. The van der Waals surface area contributed by atoms with Crippen molar-refractivity contribution in [3.8, 4) is 11.4 Å². The highest BCUT2D eigenvalue weighted by atomic mass is 32.2. The number of aromatic nitrogens is 2. The molecule has 33 heavy (non-hydrogen) atoms. The predicted molar refractivity (Wildman–Crippen MR) is 112 cm³/mol. The molecule has 1 unspecified atom stereocenters. The minimum Gasteiger partial charge on any atom is -0.346 e. The zero-order valence-corrected chi connectivity index (χ0v) is 18.1. The van der Waals surface area contributed by atoms with Crippen molar-refractivity contribution in [1.29, 1.82) is 0 Å². The molecule has 1 amide bonds. The second-order valence-electron chi connectivity index (χ2n) is 6.36. The Labute approximate surface area is 187 Å². The van der Waals surface area contributed by atoms with Crippen LogP contribution in [0, 0.1) is 11.6 Å². The Bertz CT molecular complexity index is 1200. The molecule has 1 atom stereocenters. The van der Waals surface area contributed by atoms with Crippen LogP contribution in [0.2, 0.25) is 0 Å². The first-order valence-electron chi connectivity index (χ1n) is 9.64. The minimum absolute atomic E-state index is 0.0118. The SMILES string of the molecule is CC.O=C1NCc2nc(-c3c(F)cccc3F)nc(Nc3ccc(S(=O)C(F)(F)F)cc3)c21. The average molecular weight is 484 g/mol. The lowest BCUT2D eigenvalue weighted by atomic mass is 10.1. The lowest BCUT2D eigenvalue weighted by Crippen LogP contribution is -2.16. The molecule has 0 bridgehead atoms. The number of nitrogens with zero attached hydrogens (tertiary/aromatic N) is 2. The van der Waals surface area contributed by atoms with E-state index >= 15 is 0 Å². The summed E-state index contributed by atoms with van der Waals surface area (Å²) in [6.45, 7) is 4.01. The van der Waals surface area contributed by atoms with Gasteiger partial charge in [0.1, 0.15) is 23.0 Å². The fourth-order valence-electron chi connectivity index (χ4n) is 2.97. The summed E-state index contributed by atoms with van der Waals surface area (Å²) in [5.41, 5.74) is -4.93. The first-order valence-corrected chi connectivity index (χ1v) is 10.8. The van der Waals surface area contributed by atoms with Gasteiger partial charge in [-0.25, -0.2) is 23.0 Å². The van der Waals surface area contributed by atoms with Crippen LogP contribution in [0.4, 0.5) is 33.5 Å². The fourth-order valence-corrected chi connectivity index (χ4v) is 3.62. The molecule has 2 N–H and O–H groups in total. The number of alkyl halides is 3. The van der Waals surface area contributed by atoms with Gasteiger partial charge in [0, 0.05) is 10.6 Å². The van der Waals surface area contributed by atoms with Gasteiger partial charge in [-0.05, 0) is 36.4 Å². The third-order valence-corrected chi connectivity index (χ3v) is 5.48. The number of anilines is 2. The van der Waals surface area contributed by atoms with Gasteiger partial charge in [0.2, 0.25) is 0 Å². The van der Waals surface area contributed by atoms with Crippen LogP contribution in [0.3, 0.4) is 0 Å². The van der Waals surface area contributed by atoms with E-state index in [0.717, 1.165) is 24.3 Å². The van der Waals surface area contributed by atoms with Gasteiger partial charge in [-0.1, -0.05) is 19.9 Å². The fraction of sp³-hybridized carbons (Fsp3) is 0.190. The van der Waals surface area contributed by atoms with Crippen molar-refractivity contribution >= 4 is 28.2 Å². The third-order valence-electron chi connectivity index (χ3n) is 4.36. The molecule has 1 aromatic heterocycles. The quantitative estimate of drug-likeness (QED) is 0.506. The highest BCUT2D eigenvalue weighted by Crippen LogP contribution is 2.31. The van der Waals surface area contributed by atoms with E-state index < -0.39 is 44.3 Å². The molecule has 0 radical (unpaired) electrons. The van der Waals surface area contributed by atoms with Crippen LogP contribution in [0.25, 0.3) is 11.4 Å². The summed E-state index contributed by atoms with van der Waals surface area (Å²) < 4.78 is 77.6. The largest absolute Gasteiger partial charge is 0.475 e. The maximum atomic E-state index is 14.2. The van der Waals surface area contributed by atoms with E-state index in [1.165, 1.54) is 18.2 Å². The number of nitrogens with one attached hydrogen (secondary N) is 2. The Morgan fingerprint density at radius 2 is 1.58 bits per heavy atom. The van der Waals surface area contributed by atoms with Crippen LogP contribution >= 0.6 is 0 Å². The molecule has 4 rings (SSSR count). The number of fused-ring (bicyclic) bond motifs is 1. The van der Waals surface area contributed by atoms with E-state index in [4.69, 9.17) is 0 Å². The number of benzene rings is 2. The van der Waals surface area contributed by atoms with Gasteiger partial charge in [-0.2, -0.15) is 13.2 Å². The summed E-state index contributed by atoms with van der Waals surface area (Å²) >= 11 is 0. The maximum Gasteiger partial charge on any atom is 0.475 e. The van der Waals surface area contributed by atoms with Crippen molar-refractivity contribution in [2.75, 3.05) is 5.32 Å². The van der Waals surface area contributed by atoms with Crippen LogP contribution in [0.15, 0.2) is 47.4 Å². The van der Waals surface area contributed by atoms with Gasteiger partial charge in [-0.15, -0.1) is 0 Å². The number of carbonyl (C=O) groups is 1. The van der Waals surface area contributed by atoms with Gasteiger partial charge in [-0.3, -0.25) is 4.79 Å². The first-order chi connectivity index (χ1) is 15.6. The van der Waals surface area contributed by atoms with Gasteiger partial charge in [0.15, 0.2) is 16.6 Å². The lowest BCUT2D eigenvalue weighted by molar-refractivity contribution is -0.0384. The number of rotatable bonds is 4. The summed E-state index contributed by atoms with van der Waals surface area (Å²) in [6, 6.07) is 7.68. The third kappa shape index (κ3) is 5.00. The molecule has 6 nitrogen and oxygen atoms in total. The second-order valence-corrected chi connectivity index (χ2v) is 7.83. The van der Waals surface area contributed by atoms with E-state index in [-0.39, 0.29) is 35.1 Å². The van der Waals surface area contributed by atoms with Crippen molar-refractivity contribution in [3.63, 3.8) is 0 Å². The molecular weight excluding hydrogens is 467 g/mol. The molecule has 2 heterocycles. The van der Waals surface area contributed by atoms with E-state index in [0.29, 0.717) is 0 Å². The lowest BCUT2D eigenvalue weighted by Gasteiger charge is -2.12. The zero-order valence-electron chi connectivity index (χ0n) is 17.3. The van der Waals surface area contributed by atoms with Crippen molar-refractivity contribution in [2.24, 2.45) is 0 Å². The molecule has 12 heteroatoms. The van der Waals surface area contributed by atoms with Crippen LogP contribution in [0.5, 0.6) is 0 Å². The summed E-state index contributed by atoms with van der Waals surface area (Å²) in [6.07, 6.45) is 0. The van der Waals surface area contributed by atoms with Gasteiger partial charge in [0.25, 0.3) is 5.91 Å². The molecule has 2 aromatic carbocycles. The zero-order chi connectivity index (χ0) is 24.3. The second kappa shape index (κ2) is 9.61. The average Bonchev–Trinajstić information content (AvgIpc) is 3.15. The minimum atomic E-state index is -4.90. The Kier molecular flexibility index (Phi) is 7.06. The summed E-state index contributed by atoms with van der Waals surface area (Å²) in [4.78, 5) is 19.9. The smallest absolute Gasteiger partial charge is 0.346 e. The van der Waals surface area contributed by atoms with Crippen molar-refractivity contribution in [1.82, 2.24) is 15.3 Å².